The molecule has 1 saturated heterocycles. The number of amides is 1. The van der Waals surface area contributed by atoms with Crippen molar-refractivity contribution in [3.63, 3.8) is 0 Å². The molecule has 6 heteroatoms. The average molecular weight is 402 g/mol. The Morgan fingerprint density at radius 1 is 0.931 bits per heavy atom. The summed E-state index contributed by atoms with van der Waals surface area (Å²) >= 11 is 1.26. The van der Waals surface area contributed by atoms with Gasteiger partial charge in [0.05, 0.1) is 17.1 Å². The van der Waals surface area contributed by atoms with Crippen LogP contribution in [0, 0.1) is 0 Å². The maximum Gasteiger partial charge on any atom is 0.267 e. The van der Waals surface area contributed by atoms with Gasteiger partial charge in [0.2, 0.25) is 0 Å². The summed E-state index contributed by atoms with van der Waals surface area (Å²) < 4.78 is 0. The molecule has 3 aromatic rings. The highest BCUT2D eigenvalue weighted by Gasteiger charge is 2.33. The summed E-state index contributed by atoms with van der Waals surface area (Å²) in [5.41, 5.74) is 2.21. The molecule has 144 valence electrons. The lowest BCUT2D eigenvalue weighted by atomic mass is 10.1. The highest BCUT2D eigenvalue weighted by Crippen LogP contribution is 2.36. The van der Waals surface area contributed by atoms with Gasteiger partial charge in [0.25, 0.3) is 5.91 Å². The van der Waals surface area contributed by atoms with Gasteiger partial charge in [-0.2, -0.15) is 0 Å². The van der Waals surface area contributed by atoms with Crippen LogP contribution in [-0.2, 0) is 11.3 Å². The Morgan fingerprint density at radius 2 is 1.62 bits per heavy atom. The Bertz CT molecular complexity index is 1100. The van der Waals surface area contributed by atoms with E-state index in [1.165, 1.54) is 23.9 Å². The van der Waals surface area contributed by atoms with Gasteiger partial charge in [0, 0.05) is 11.6 Å². The Kier molecular flexibility index (Phi) is 5.35. The number of hydrogen-bond acceptors (Lipinski definition) is 5. The molecule has 0 bridgehead atoms. The molecule has 4 rings (SSSR count). The van der Waals surface area contributed by atoms with E-state index in [0.29, 0.717) is 22.2 Å². The summed E-state index contributed by atoms with van der Waals surface area (Å²) in [7, 11) is 0. The normalized spacial score (nSPS) is 16.7. The fourth-order valence-corrected chi connectivity index (χ4v) is 3.89. The van der Waals surface area contributed by atoms with Crippen LogP contribution in [0.3, 0.4) is 0 Å². The smallest absolute Gasteiger partial charge is 0.267 e. The first-order valence-electron chi connectivity index (χ1n) is 9.01. The molecular formula is C23H18N2O3S. The molecule has 0 unspecified atom stereocenters. The molecule has 0 radical (unpaired) electrons. The lowest BCUT2D eigenvalue weighted by molar-refractivity contribution is -0.122. The van der Waals surface area contributed by atoms with Crippen LogP contribution in [-0.4, -0.2) is 26.2 Å². The van der Waals surface area contributed by atoms with Gasteiger partial charge in [-0.05, 0) is 47.7 Å². The number of para-hydroxylation sites is 1. The van der Waals surface area contributed by atoms with E-state index >= 15 is 0 Å². The van der Waals surface area contributed by atoms with Gasteiger partial charge in [0.1, 0.15) is 11.5 Å². The van der Waals surface area contributed by atoms with Gasteiger partial charge < -0.3 is 10.2 Å². The molecule has 1 aliphatic rings. The van der Waals surface area contributed by atoms with Crippen molar-refractivity contribution in [1.29, 1.82) is 0 Å². The topological polar surface area (TPSA) is 73.1 Å². The maximum absolute atomic E-state index is 13.1. The number of rotatable bonds is 4. The quantitative estimate of drug-likeness (QED) is 0.609. The molecule has 0 spiro atoms. The van der Waals surface area contributed by atoms with Crippen molar-refractivity contribution in [3.8, 4) is 11.5 Å². The SMILES string of the molecule is O=C1/C(=C\c2ccc(O)cc2O)SC(=Nc2ccccc2)N1Cc1ccccc1. The van der Waals surface area contributed by atoms with Crippen LogP contribution in [0.5, 0.6) is 11.5 Å². The van der Waals surface area contributed by atoms with Gasteiger partial charge in [-0.15, -0.1) is 0 Å². The van der Waals surface area contributed by atoms with Crippen molar-refractivity contribution >= 4 is 34.6 Å². The van der Waals surface area contributed by atoms with Crippen molar-refractivity contribution in [2.24, 2.45) is 4.99 Å². The summed E-state index contributed by atoms with van der Waals surface area (Å²) in [6.07, 6.45) is 1.62. The minimum Gasteiger partial charge on any atom is -0.508 e. The number of aromatic hydroxyl groups is 2. The number of amidine groups is 1. The van der Waals surface area contributed by atoms with E-state index in [9.17, 15) is 15.0 Å². The molecule has 2 N–H and O–H groups in total. The predicted molar refractivity (Wildman–Crippen MR) is 116 cm³/mol. The second-order valence-electron chi connectivity index (χ2n) is 6.46. The van der Waals surface area contributed by atoms with Gasteiger partial charge >= 0.3 is 0 Å². The van der Waals surface area contributed by atoms with E-state index in [4.69, 9.17) is 0 Å². The molecule has 1 aliphatic heterocycles. The second kappa shape index (κ2) is 8.24. The summed E-state index contributed by atoms with van der Waals surface area (Å²) in [5, 5.41) is 20.1. The molecule has 3 aromatic carbocycles. The molecule has 29 heavy (non-hydrogen) atoms. The highest BCUT2D eigenvalue weighted by atomic mass is 32.2. The zero-order chi connectivity index (χ0) is 20.2. The zero-order valence-corrected chi connectivity index (χ0v) is 16.2. The van der Waals surface area contributed by atoms with Crippen LogP contribution < -0.4 is 0 Å². The fourth-order valence-electron chi connectivity index (χ4n) is 2.91. The van der Waals surface area contributed by atoms with Crippen LogP contribution in [0.15, 0.2) is 88.8 Å². The third kappa shape index (κ3) is 4.33. The Labute approximate surface area is 172 Å². The maximum atomic E-state index is 13.1. The Morgan fingerprint density at radius 3 is 2.31 bits per heavy atom. The number of aliphatic imine (C=N–C) groups is 1. The first kappa shape index (κ1) is 18.8. The van der Waals surface area contributed by atoms with Gasteiger partial charge in [-0.25, -0.2) is 4.99 Å². The average Bonchev–Trinajstić information content (AvgIpc) is 3.00. The molecule has 0 atom stereocenters. The third-order valence-corrected chi connectivity index (χ3v) is 5.36. The van der Waals surface area contributed by atoms with Crippen LogP contribution in [0.4, 0.5) is 5.69 Å². The molecule has 0 saturated carbocycles. The van der Waals surface area contributed by atoms with Crippen molar-refractivity contribution in [2.45, 2.75) is 6.54 Å². The monoisotopic (exact) mass is 402 g/mol. The van der Waals surface area contributed by atoms with Crippen molar-refractivity contribution in [3.05, 3.63) is 94.9 Å². The number of carbonyl (C=O) groups excluding carboxylic acids is 1. The summed E-state index contributed by atoms with van der Waals surface area (Å²) in [5.74, 6) is -0.304. The van der Waals surface area contributed by atoms with Crippen LogP contribution in [0.1, 0.15) is 11.1 Å². The minimum absolute atomic E-state index is 0.0351. The first-order chi connectivity index (χ1) is 14.1. The molecular weight excluding hydrogens is 384 g/mol. The summed E-state index contributed by atoms with van der Waals surface area (Å²) in [6.45, 7) is 0.400. The number of nitrogens with zero attached hydrogens (tertiary/aromatic N) is 2. The van der Waals surface area contributed by atoms with Crippen LogP contribution in [0.25, 0.3) is 6.08 Å². The number of benzene rings is 3. The van der Waals surface area contributed by atoms with E-state index in [1.54, 1.807) is 17.0 Å². The largest absolute Gasteiger partial charge is 0.508 e. The molecule has 1 amide bonds. The highest BCUT2D eigenvalue weighted by molar-refractivity contribution is 8.18. The van der Waals surface area contributed by atoms with Gasteiger partial charge in [0.15, 0.2) is 5.17 Å². The van der Waals surface area contributed by atoms with E-state index in [2.05, 4.69) is 4.99 Å². The van der Waals surface area contributed by atoms with Crippen LogP contribution in [0.2, 0.25) is 0 Å². The lowest BCUT2D eigenvalue weighted by Gasteiger charge is -2.15. The number of phenolic OH excluding ortho intramolecular Hbond substituents is 2. The van der Waals surface area contributed by atoms with Crippen molar-refractivity contribution < 1.29 is 15.0 Å². The van der Waals surface area contributed by atoms with E-state index in [-0.39, 0.29) is 17.4 Å². The van der Waals surface area contributed by atoms with Crippen LogP contribution >= 0.6 is 11.8 Å². The predicted octanol–water partition coefficient (Wildman–Crippen LogP) is 4.90. The zero-order valence-electron chi connectivity index (χ0n) is 15.4. The summed E-state index contributed by atoms with van der Waals surface area (Å²) in [6, 6.07) is 23.5. The number of carbonyl (C=O) groups is 1. The van der Waals surface area contributed by atoms with E-state index < -0.39 is 0 Å². The number of thioether (sulfide) groups is 1. The second-order valence-corrected chi connectivity index (χ2v) is 7.47. The molecule has 5 nitrogen and oxygen atoms in total. The number of hydrogen-bond donors (Lipinski definition) is 2. The standard InChI is InChI=1S/C23H18N2O3S/c26-19-12-11-17(20(27)14-19)13-21-22(28)25(15-16-7-3-1-4-8-16)23(29-21)24-18-9-5-2-6-10-18/h1-14,26-27H,15H2/b21-13+,24-23?. The van der Waals surface area contributed by atoms with E-state index in [0.717, 1.165) is 11.3 Å². The fraction of sp³-hybridized carbons (Fsp3) is 0.0435. The molecule has 0 aromatic heterocycles. The van der Waals surface area contributed by atoms with E-state index in [1.807, 2.05) is 60.7 Å². The third-order valence-electron chi connectivity index (χ3n) is 4.35. The molecule has 0 aliphatic carbocycles. The summed E-state index contributed by atoms with van der Waals surface area (Å²) in [4.78, 5) is 19.9. The molecule has 1 heterocycles. The minimum atomic E-state index is -0.180. The first-order valence-corrected chi connectivity index (χ1v) is 9.83. The Balaban J connectivity index is 1.71. The van der Waals surface area contributed by atoms with Gasteiger partial charge in [-0.3, -0.25) is 9.69 Å². The van der Waals surface area contributed by atoms with Crippen molar-refractivity contribution in [1.82, 2.24) is 4.90 Å². The lowest BCUT2D eigenvalue weighted by Crippen LogP contribution is -2.28. The number of phenols is 2. The van der Waals surface area contributed by atoms with Gasteiger partial charge in [-0.1, -0.05) is 48.5 Å². The molecule has 1 fully saturated rings. The van der Waals surface area contributed by atoms with Crippen molar-refractivity contribution in [2.75, 3.05) is 0 Å². The Hall–Kier alpha value is -3.51.